The van der Waals surface area contributed by atoms with Crippen molar-refractivity contribution in [1.29, 1.82) is 0 Å². The van der Waals surface area contributed by atoms with E-state index >= 15 is 0 Å². The van der Waals surface area contributed by atoms with Gasteiger partial charge in [0.1, 0.15) is 11.2 Å². The average molecular weight is 252 g/mol. The fourth-order valence-electron chi connectivity index (χ4n) is 1.42. The molecule has 2 aromatic carbocycles. The van der Waals surface area contributed by atoms with Crippen LogP contribution in [0.5, 0.6) is 0 Å². The smallest absolute Gasteiger partial charge is 0.295 e. The van der Waals surface area contributed by atoms with Gasteiger partial charge in [-0.3, -0.25) is 4.55 Å². The highest BCUT2D eigenvalue weighted by Gasteiger charge is 2.12. The molecule has 2 aromatic rings. The van der Waals surface area contributed by atoms with Crippen LogP contribution in [0, 0.1) is 0 Å². The fraction of sp³-hybridized carbons (Fsp3) is 0.0833. The quantitative estimate of drug-likeness (QED) is 0.624. The number of fused-ring (bicyclic) bond motifs is 1. The van der Waals surface area contributed by atoms with Crippen molar-refractivity contribution in [3.8, 4) is 0 Å². The second-order valence-corrected chi connectivity index (χ2v) is 4.58. The Hall–Kier alpha value is -1.72. The van der Waals surface area contributed by atoms with Gasteiger partial charge in [-0.1, -0.05) is 36.4 Å². The number of rotatable bonds is 1. The van der Waals surface area contributed by atoms with Crippen LogP contribution in [0.3, 0.4) is 0 Å². The van der Waals surface area contributed by atoms with Crippen LogP contribution in [0.1, 0.15) is 6.92 Å². The third kappa shape index (κ3) is 3.37. The van der Waals surface area contributed by atoms with Crippen LogP contribution in [0.4, 0.5) is 0 Å². The third-order valence-corrected chi connectivity index (χ3v) is 2.94. The molecule has 0 atom stereocenters. The van der Waals surface area contributed by atoms with Crippen LogP contribution in [0.2, 0.25) is 0 Å². The molecule has 1 N–H and O–H groups in total. The molecule has 0 radical (unpaired) electrons. The predicted molar refractivity (Wildman–Crippen MR) is 65.5 cm³/mol. The summed E-state index contributed by atoms with van der Waals surface area (Å²) in [6.45, 7) is 1.44. The molecule has 0 saturated heterocycles. The van der Waals surface area contributed by atoms with Crippen molar-refractivity contribution >= 4 is 27.2 Å². The van der Waals surface area contributed by atoms with Crippen LogP contribution >= 0.6 is 0 Å². The predicted octanol–water partition coefficient (Wildman–Crippen LogP) is 2.29. The molecule has 5 heteroatoms. The monoisotopic (exact) mass is 252 g/mol. The van der Waals surface area contributed by atoms with Gasteiger partial charge in [-0.05, 0) is 18.4 Å². The molecule has 0 saturated carbocycles. The van der Waals surface area contributed by atoms with Crippen LogP contribution in [-0.2, 0) is 14.9 Å². The molecule has 0 amide bonds. The Morgan fingerprint density at radius 2 is 1.59 bits per heavy atom. The van der Waals surface area contributed by atoms with Gasteiger partial charge in [-0.2, -0.15) is 8.42 Å². The standard InChI is InChI=1S/C10H8O3S.C2H4O/c11-14(12,13)10-7-3-5-8-4-1-2-6-9(8)10;1-2-3/h1-7H,(H,11,12,13);2H,1H3. The maximum absolute atomic E-state index is 11.0. The number of carbonyl (C=O) groups excluding carboxylic acids is 1. The Kier molecular flexibility index (Phi) is 4.37. The molecule has 0 aliphatic rings. The molecule has 0 fully saturated rings. The van der Waals surface area contributed by atoms with Crippen molar-refractivity contribution in [1.82, 2.24) is 0 Å². The van der Waals surface area contributed by atoms with E-state index in [4.69, 9.17) is 9.35 Å². The third-order valence-electron chi connectivity index (χ3n) is 2.03. The summed E-state index contributed by atoms with van der Waals surface area (Å²) in [5.74, 6) is 0. The first kappa shape index (κ1) is 13.3. The minimum absolute atomic E-state index is 0.0457. The number of benzene rings is 2. The minimum Gasteiger partial charge on any atom is -0.304 e. The van der Waals surface area contributed by atoms with Crippen molar-refractivity contribution in [3.63, 3.8) is 0 Å². The van der Waals surface area contributed by atoms with Crippen molar-refractivity contribution in [2.45, 2.75) is 11.8 Å². The average Bonchev–Trinajstić information content (AvgIpc) is 2.28. The van der Waals surface area contributed by atoms with E-state index in [0.29, 0.717) is 5.39 Å². The maximum atomic E-state index is 11.0. The molecule has 0 aromatic heterocycles. The van der Waals surface area contributed by atoms with E-state index in [2.05, 4.69) is 0 Å². The number of carbonyl (C=O) groups is 1. The highest BCUT2D eigenvalue weighted by molar-refractivity contribution is 7.86. The van der Waals surface area contributed by atoms with Gasteiger partial charge >= 0.3 is 0 Å². The molecule has 0 aliphatic carbocycles. The van der Waals surface area contributed by atoms with E-state index in [-0.39, 0.29) is 4.90 Å². The SMILES string of the molecule is CC=O.O=S(=O)(O)c1cccc2ccccc12. The maximum Gasteiger partial charge on any atom is 0.295 e. The molecule has 2 rings (SSSR count). The van der Waals surface area contributed by atoms with Gasteiger partial charge in [-0.25, -0.2) is 0 Å². The lowest BCUT2D eigenvalue weighted by Gasteiger charge is -2.02. The van der Waals surface area contributed by atoms with Crippen LogP contribution in [-0.4, -0.2) is 19.3 Å². The second kappa shape index (κ2) is 5.56. The molecule has 0 heterocycles. The first-order valence-corrected chi connectivity index (χ1v) is 6.29. The van der Waals surface area contributed by atoms with Crippen LogP contribution < -0.4 is 0 Å². The number of aldehydes is 1. The van der Waals surface area contributed by atoms with Crippen molar-refractivity contribution in [2.75, 3.05) is 0 Å². The topological polar surface area (TPSA) is 71.4 Å². The fourth-order valence-corrected chi connectivity index (χ4v) is 2.13. The zero-order chi connectivity index (χ0) is 12.9. The zero-order valence-corrected chi connectivity index (χ0v) is 10.0. The summed E-state index contributed by atoms with van der Waals surface area (Å²) in [6.07, 6.45) is 0.750. The van der Waals surface area contributed by atoms with E-state index in [9.17, 15) is 8.42 Å². The zero-order valence-electron chi connectivity index (χ0n) is 9.20. The molecule has 0 aliphatic heterocycles. The van der Waals surface area contributed by atoms with Crippen LogP contribution in [0.15, 0.2) is 47.4 Å². The van der Waals surface area contributed by atoms with E-state index in [1.165, 1.54) is 13.0 Å². The van der Waals surface area contributed by atoms with Crippen LogP contribution in [0.25, 0.3) is 10.8 Å². The van der Waals surface area contributed by atoms with Crippen molar-refractivity contribution < 1.29 is 17.8 Å². The summed E-state index contributed by atoms with van der Waals surface area (Å²) >= 11 is 0. The lowest BCUT2D eigenvalue weighted by atomic mass is 10.1. The summed E-state index contributed by atoms with van der Waals surface area (Å²) in [4.78, 5) is 8.76. The van der Waals surface area contributed by atoms with Gasteiger partial charge in [0.2, 0.25) is 0 Å². The van der Waals surface area contributed by atoms with Gasteiger partial charge in [-0.15, -0.1) is 0 Å². The largest absolute Gasteiger partial charge is 0.304 e. The van der Waals surface area contributed by atoms with E-state index in [1.807, 2.05) is 6.07 Å². The summed E-state index contributed by atoms with van der Waals surface area (Å²) in [5, 5.41) is 1.33. The molecular formula is C12H12O4S. The molecule has 90 valence electrons. The first-order valence-electron chi connectivity index (χ1n) is 4.85. The highest BCUT2D eigenvalue weighted by atomic mass is 32.2. The van der Waals surface area contributed by atoms with E-state index < -0.39 is 10.1 Å². The molecule has 0 spiro atoms. The van der Waals surface area contributed by atoms with Crippen molar-refractivity contribution in [3.05, 3.63) is 42.5 Å². The van der Waals surface area contributed by atoms with Gasteiger partial charge < -0.3 is 4.79 Å². The van der Waals surface area contributed by atoms with Gasteiger partial charge in [0.25, 0.3) is 10.1 Å². The number of hydrogen-bond donors (Lipinski definition) is 1. The van der Waals surface area contributed by atoms with Gasteiger partial charge in [0.15, 0.2) is 0 Å². The summed E-state index contributed by atoms with van der Waals surface area (Å²) in [5.41, 5.74) is 0. The molecule has 4 nitrogen and oxygen atoms in total. The Labute approximate surface area is 99.6 Å². The normalized spacial score (nSPS) is 10.5. The van der Waals surface area contributed by atoms with Crippen molar-refractivity contribution in [2.24, 2.45) is 0 Å². The lowest BCUT2D eigenvalue weighted by Crippen LogP contribution is -1.98. The Bertz CT molecular complexity index is 612. The van der Waals surface area contributed by atoms with Gasteiger partial charge in [0.05, 0.1) is 0 Å². The van der Waals surface area contributed by atoms with Gasteiger partial charge in [0, 0.05) is 5.39 Å². The number of hydrogen-bond acceptors (Lipinski definition) is 3. The molecule has 17 heavy (non-hydrogen) atoms. The Morgan fingerprint density at radius 1 is 1.06 bits per heavy atom. The van der Waals surface area contributed by atoms with E-state index in [0.717, 1.165) is 11.7 Å². The minimum atomic E-state index is -4.13. The summed E-state index contributed by atoms with van der Waals surface area (Å²) < 4.78 is 31.0. The van der Waals surface area contributed by atoms with E-state index in [1.54, 1.807) is 30.3 Å². The lowest BCUT2D eigenvalue weighted by molar-refractivity contribution is -0.106. The molecule has 0 bridgehead atoms. The second-order valence-electron chi connectivity index (χ2n) is 3.19. The Morgan fingerprint density at radius 3 is 2.18 bits per heavy atom. The molecule has 0 unspecified atom stereocenters. The Balaban J connectivity index is 0.000000437. The summed E-state index contributed by atoms with van der Waals surface area (Å²) in [7, 11) is -4.13. The highest BCUT2D eigenvalue weighted by Crippen LogP contribution is 2.21. The first-order chi connectivity index (χ1) is 8.00. The molecular weight excluding hydrogens is 240 g/mol. The summed E-state index contributed by atoms with van der Waals surface area (Å²) in [6, 6.07) is 11.8.